The number of para-hydroxylation sites is 1. The van der Waals surface area contributed by atoms with E-state index in [1.165, 1.54) is 82.6 Å². The number of benzene rings is 5. The van der Waals surface area contributed by atoms with Crippen LogP contribution < -0.4 is 0 Å². The summed E-state index contributed by atoms with van der Waals surface area (Å²) in [5.74, 6) is 0. The van der Waals surface area contributed by atoms with Crippen molar-refractivity contribution in [3.05, 3.63) is 125 Å². The molecule has 0 saturated heterocycles. The molecule has 35 heavy (non-hydrogen) atoms. The van der Waals surface area contributed by atoms with E-state index < -0.39 is 0 Å². The molecule has 0 unspecified atom stereocenters. The second kappa shape index (κ2) is 6.20. The molecule has 0 atom stereocenters. The lowest BCUT2D eigenvalue weighted by Crippen LogP contribution is -1.97. The van der Waals surface area contributed by atoms with Crippen LogP contribution in [0.15, 0.2) is 103 Å². The van der Waals surface area contributed by atoms with Crippen LogP contribution >= 0.6 is 0 Å². The summed E-state index contributed by atoms with van der Waals surface area (Å²) >= 11 is 0. The molecule has 1 nitrogen and oxygen atoms in total. The van der Waals surface area contributed by atoms with Crippen LogP contribution in [0.2, 0.25) is 0 Å². The number of aromatic nitrogens is 1. The first-order valence-electron chi connectivity index (χ1n) is 12.5. The number of rotatable bonds is 0. The van der Waals surface area contributed by atoms with Crippen LogP contribution in [-0.4, -0.2) is 4.40 Å². The van der Waals surface area contributed by atoms with Crippen LogP contribution in [0.5, 0.6) is 0 Å². The Labute approximate surface area is 202 Å². The molecule has 7 aromatic rings. The highest BCUT2D eigenvalue weighted by atomic mass is 14.9. The molecule has 0 spiro atoms. The maximum atomic E-state index is 2.54. The molecule has 2 heterocycles. The molecular weight excluding hydrogens is 422 g/mol. The van der Waals surface area contributed by atoms with Gasteiger partial charge in [-0.15, -0.1) is 0 Å². The molecular formula is C34H21N. The Kier molecular flexibility index (Phi) is 3.19. The highest BCUT2D eigenvalue weighted by molar-refractivity contribution is 6.21. The molecule has 5 aromatic carbocycles. The standard InChI is InChI=1S/C34H21N/c1-4-10-24-21(8-1)18-29-26(24)15-16-27-31-19-22-9-3-6-12-30(22)35(31)34-28(33(27)29)14-13-23-17-20-7-2-5-11-25(20)32(23)34/h1-16,19H,17-18H2. The van der Waals surface area contributed by atoms with E-state index in [1.54, 1.807) is 0 Å². The highest BCUT2D eigenvalue weighted by Gasteiger charge is 2.27. The second-order valence-corrected chi connectivity index (χ2v) is 10.1. The fraction of sp³-hybridized carbons (Fsp3) is 0.0588. The largest absolute Gasteiger partial charge is 0.308 e. The predicted molar refractivity (Wildman–Crippen MR) is 146 cm³/mol. The molecule has 2 aliphatic rings. The molecule has 2 aromatic heterocycles. The number of hydrogen-bond acceptors (Lipinski definition) is 0. The van der Waals surface area contributed by atoms with E-state index >= 15 is 0 Å². The second-order valence-electron chi connectivity index (χ2n) is 10.1. The fourth-order valence-corrected chi connectivity index (χ4v) is 6.96. The van der Waals surface area contributed by atoms with Gasteiger partial charge in [0, 0.05) is 21.7 Å². The Hall–Kier alpha value is -4.36. The topological polar surface area (TPSA) is 4.41 Å². The summed E-state index contributed by atoms with van der Waals surface area (Å²) in [6, 6.07) is 38.6. The van der Waals surface area contributed by atoms with Crippen molar-refractivity contribution in [3.63, 3.8) is 0 Å². The average molecular weight is 444 g/mol. The van der Waals surface area contributed by atoms with Crippen LogP contribution in [-0.2, 0) is 12.8 Å². The quantitative estimate of drug-likeness (QED) is 0.207. The third-order valence-corrected chi connectivity index (χ3v) is 8.40. The molecule has 1 heteroatoms. The zero-order chi connectivity index (χ0) is 22.7. The molecule has 2 aliphatic carbocycles. The lowest BCUT2D eigenvalue weighted by Gasteiger charge is -2.17. The van der Waals surface area contributed by atoms with Crippen molar-refractivity contribution in [1.82, 2.24) is 4.40 Å². The SMILES string of the molecule is c1ccc2c(c1)Cc1c-2ccc2c1c1ccc3c(c1n1c4ccccc4cc21)-c1ccccc1C3. The molecule has 0 N–H and O–H groups in total. The van der Waals surface area contributed by atoms with Gasteiger partial charge in [0.05, 0.1) is 16.6 Å². The van der Waals surface area contributed by atoms with Crippen molar-refractivity contribution >= 4 is 38.1 Å². The van der Waals surface area contributed by atoms with E-state index in [0.717, 1.165) is 12.8 Å². The van der Waals surface area contributed by atoms with E-state index in [-0.39, 0.29) is 0 Å². The summed E-state index contributed by atoms with van der Waals surface area (Å²) in [6.07, 6.45) is 2.01. The third kappa shape index (κ3) is 2.15. The van der Waals surface area contributed by atoms with Gasteiger partial charge in [-0.1, -0.05) is 91.0 Å². The van der Waals surface area contributed by atoms with Crippen LogP contribution in [0.4, 0.5) is 0 Å². The van der Waals surface area contributed by atoms with Crippen molar-refractivity contribution in [2.45, 2.75) is 12.8 Å². The monoisotopic (exact) mass is 443 g/mol. The average Bonchev–Trinajstić information content (AvgIpc) is 3.59. The van der Waals surface area contributed by atoms with Crippen molar-refractivity contribution in [3.8, 4) is 22.3 Å². The van der Waals surface area contributed by atoms with Crippen molar-refractivity contribution in [1.29, 1.82) is 0 Å². The summed E-state index contributed by atoms with van der Waals surface area (Å²) in [5.41, 5.74) is 15.4. The summed E-state index contributed by atoms with van der Waals surface area (Å²) < 4.78 is 2.54. The molecule has 162 valence electrons. The van der Waals surface area contributed by atoms with Gasteiger partial charge >= 0.3 is 0 Å². The smallest absolute Gasteiger partial charge is 0.0622 e. The minimum atomic E-state index is 1.00. The third-order valence-electron chi connectivity index (χ3n) is 8.40. The Morgan fingerprint density at radius 3 is 2.17 bits per heavy atom. The van der Waals surface area contributed by atoms with E-state index in [1.807, 2.05) is 0 Å². The normalized spacial score (nSPS) is 13.5. The van der Waals surface area contributed by atoms with Crippen molar-refractivity contribution in [2.24, 2.45) is 0 Å². The molecule has 0 amide bonds. The molecule has 0 saturated carbocycles. The number of pyridine rings is 1. The highest BCUT2D eigenvalue weighted by Crippen LogP contribution is 2.48. The Morgan fingerprint density at radius 2 is 1.26 bits per heavy atom. The molecule has 0 radical (unpaired) electrons. The Morgan fingerprint density at radius 1 is 0.514 bits per heavy atom. The molecule has 0 aliphatic heterocycles. The summed E-state index contributed by atoms with van der Waals surface area (Å²) in [7, 11) is 0. The first-order chi connectivity index (χ1) is 17.4. The summed E-state index contributed by atoms with van der Waals surface area (Å²) in [5, 5.41) is 5.45. The van der Waals surface area contributed by atoms with E-state index in [0.29, 0.717) is 0 Å². The van der Waals surface area contributed by atoms with Crippen LogP contribution in [0.1, 0.15) is 22.3 Å². The zero-order valence-corrected chi connectivity index (χ0v) is 19.2. The van der Waals surface area contributed by atoms with Gasteiger partial charge in [0.2, 0.25) is 0 Å². The Balaban J connectivity index is 1.57. The van der Waals surface area contributed by atoms with Gasteiger partial charge < -0.3 is 4.40 Å². The molecule has 9 rings (SSSR count). The van der Waals surface area contributed by atoms with Gasteiger partial charge in [-0.05, 0) is 69.3 Å². The van der Waals surface area contributed by atoms with Gasteiger partial charge in [0.25, 0.3) is 0 Å². The van der Waals surface area contributed by atoms with Crippen molar-refractivity contribution < 1.29 is 0 Å². The van der Waals surface area contributed by atoms with Gasteiger partial charge in [-0.25, -0.2) is 0 Å². The molecule has 0 fully saturated rings. The number of hydrogen-bond donors (Lipinski definition) is 0. The minimum Gasteiger partial charge on any atom is -0.308 e. The van der Waals surface area contributed by atoms with E-state index in [2.05, 4.69) is 108 Å². The van der Waals surface area contributed by atoms with Crippen LogP contribution in [0.25, 0.3) is 60.3 Å². The lowest BCUT2D eigenvalue weighted by atomic mass is 9.93. The van der Waals surface area contributed by atoms with E-state index in [9.17, 15) is 0 Å². The van der Waals surface area contributed by atoms with Gasteiger partial charge in [0.1, 0.15) is 0 Å². The maximum Gasteiger partial charge on any atom is 0.0622 e. The first-order valence-corrected chi connectivity index (χ1v) is 12.5. The zero-order valence-electron chi connectivity index (χ0n) is 19.2. The fourth-order valence-electron chi connectivity index (χ4n) is 6.96. The van der Waals surface area contributed by atoms with Gasteiger partial charge in [0.15, 0.2) is 0 Å². The molecule has 0 bridgehead atoms. The van der Waals surface area contributed by atoms with Crippen LogP contribution in [0.3, 0.4) is 0 Å². The minimum absolute atomic E-state index is 1.00. The first kappa shape index (κ1) is 18.0. The predicted octanol–water partition coefficient (Wildman–Crippen LogP) is 8.54. The summed E-state index contributed by atoms with van der Waals surface area (Å²) in [6.45, 7) is 0. The number of fused-ring (bicyclic) bond motifs is 16. The van der Waals surface area contributed by atoms with E-state index in [4.69, 9.17) is 0 Å². The van der Waals surface area contributed by atoms with Gasteiger partial charge in [-0.3, -0.25) is 0 Å². The van der Waals surface area contributed by atoms with Gasteiger partial charge in [-0.2, -0.15) is 0 Å². The number of nitrogens with zero attached hydrogens (tertiary/aromatic N) is 1. The van der Waals surface area contributed by atoms with Crippen LogP contribution in [0, 0.1) is 0 Å². The lowest BCUT2D eigenvalue weighted by molar-refractivity contribution is 1.26. The Bertz CT molecular complexity index is 2050. The maximum absolute atomic E-state index is 2.54. The summed E-state index contributed by atoms with van der Waals surface area (Å²) in [4.78, 5) is 0. The van der Waals surface area contributed by atoms with Crippen molar-refractivity contribution in [2.75, 3.05) is 0 Å².